The summed E-state index contributed by atoms with van der Waals surface area (Å²) in [7, 11) is 0. The molecule has 0 aliphatic heterocycles. The van der Waals surface area contributed by atoms with Crippen LogP contribution in [0.4, 0.5) is 0 Å². The van der Waals surface area contributed by atoms with Gasteiger partial charge in [0.25, 0.3) is 0 Å². The molecule has 0 aliphatic rings. The Morgan fingerprint density at radius 1 is 1.22 bits per heavy atom. The molecule has 0 aliphatic carbocycles. The molecule has 0 radical (unpaired) electrons. The van der Waals surface area contributed by atoms with Gasteiger partial charge in [0.1, 0.15) is 5.75 Å². The highest BCUT2D eigenvalue weighted by atomic mass is 16.5. The molecule has 0 fully saturated rings. The Kier molecular flexibility index (Phi) is 5.67. The van der Waals surface area contributed by atoms with Crippen molar-refractivity contribution >= 4 is 0 Å². The van der Waals surface area contributed by atoms with Gasteiger partial charge in [0.15, 0.2) is 0 Å². The number of ether oxygens (including phenoxy) is 1. The highest BCUT2D eigenvalue weighted by molar-refractivity contribution is 5.28. The van der Waals surface area contributed by atoms with Crippen LogP contribution < -0.4 is 10.1 Å². The van der Waals surface area contributed by atoms with Crippen molar-refractivity contribution in [1.29, 1.82) is 0 Å². The van der Waals surface area contributed by atoms with Crippen molar-refractivity contribution in [3.05, 3.63) is 29.8 Å². The highest BCUT2D eigenvalue weighted by Crippen LogP contribution is 2.15. The van der Waals surface area contributed by atoms with Gasteiger partial charge in [-0.25, -0.2) is 0 Å². The molecule has 0 saturated heterocycles. The van der Waals surface area contributed by atoms with Crippen LogP contribution in [-0.4, -0.2) is 12.1 Å². The first kappa shape index (κ1) is 15.0. The van der Waals surface area contributed by atoms with Crippen LogP contribution in [0.15, 0.2) is 24.3 Å². The third kappa shape index (κ3) is 6.65. The molecule has 0 heterocycles. The number of benzene rings is 1. The SMILES string of the molecule is CC(C)CCOc1cccc(CNC(C)(C)C)c1. The summed E-state index contributed by atoms with van der Waals surface area (Å²) < 4.78 is 5.76. The van der Waals surface area contributed by atoms with E-state index in [0.717, 1.165) is 25.3 Å². The monoisotopic (exact) mass is 249 g/mol. The second-order valence-corrected chi connectivity index (χ2v) is 6.28. The van der Waals surface area contributed by atoms with Crippen LogP contribution in [0.1, 0.15) is 46.6 Å². The van der Waals surface area contributed by atoms with E-state index in [1.54, 1.807) is 0 Å². The lowest BCUT2D eigenvalue weighted by Gasteiger charge is -2.20. The molecule has 0 spiro atoms. The molecule has 102 valence electrons. The van der Waals surface area contributed by atoms with Crippen molar-refractivity contribution in [2.24, 2.45) is 5.92 Å². The predicted octanol–water partition coefficient (Wildman–Crippen LogP) is 4.00. The lowest BCUT2D eigenvalue weighted by molar-refractivity contribution is 0.289. The number of rotatable bonds is 6. The topological polar surface area (TPSA) is 21.3 Å². The molecule has 1 N–H and O–H groups in total. The van der Waals surface area contributed by atoms with E-state index in [2.05, 4.69) is 58.1 Å². The Morgan fingerprint density at radius 2 is 1.94 bits per heavy atom. The zero-order valence-corrected chi connectivity index (χ0v) is 12.4. The Bertz CT molecular complexity index is 352. The van der Waals surface area contributed by atoms with Crippen LogP contribution in [0, 0.1) is 5.92 Å². The fraction of sp³-hybridized carbons (Fsp3) is 0.625. The van der Waals surface area contributed by atoms with Crippen molar-refractivity contribution in [3.63, 3.8) is 0 Å². The minimum atomic E-state index is 0.147. The van der Waals surface area contributed by atoms with Gasteiger partial charge >= 0.3 is 0 Å². The van der Waals surface area contributed by atoms with Gasteiger partial charge in [-0.05, 0) is 50.8 Å². The zero-order chi connectivity index (χ0) is 13.6. The Morgan fingerprint density at radius 3 is 2.56 bits per heavy atom. The van der Waals surface area contributed by atoms with Crippen molar-refractivity contribution in [1.82, 2.24) is 5.32 Å². The van der Waals surface area contributed by atoms with Gasteiger partial charge in [-0.2, -0.15) is 0 Å². The van der Waals surface area contributed by atoms with E-state index in [-0.39, 0.29) is 5.54 Å². The maximum absolute atomic E-state index is 5.76. The minimum absolute atomic E-state index is 0.147. The predicted molar refractivity (Wildman–Crippen MR) is 78.0 cm³/mol. The molecule has 1 aromatic rings. The lowest BCUT2D eigenvalue weighted by atomic mass is 10.1. The smallest absolute Gasteiger partial charge is 0.119 e. The highest BCUT2D eigenvalue weighted by Gasteiger charge is 2.08. The molecule has 0 saturated carbocycles. The molecular weight excluding hydrogens is 222 g/mol. The van der Waals surface area contributed by atoms with Gasteiger partial charge in [0.05, 0.1) is 6.61 Å². The molecular formula is C16H27NO. The van der Waals surface area contributed by atoms with Crippen molar-refractivity contribution in [2.45, 2.75) is 53.1 Å². The van der Waals surface area contributed by atoms with E-state index in [1.807, 2.05) is 6.07 Å². The fourth-order valence-corrected chi connectivity index (χ4v) is 1.52. The Balaban J connectivity index is 2.46. The Hall–Kier alpha value is -1.02. The fourth-order valence-electron chi connectivity index (χ4n) is 1.52. The maximum atomic E-state index is 5.76. The third-order valence-corrected chi connectivity index (χ3v) is 2.69. The second-order valence-electron chi connectivity index (χ2n) is 6.28. The molecule has 0 atom stereocenters. The van der Waals surface area contributed by atoms with E-state index in [1.165, 1.54) is 5.56 Å². The minimum Gasteiger partial charge on any atom is -0.494 e. The summed E-state index contributed by atoms with van der Waals surface area (Å²) in [5, 5.41) is 3.48. The first-order valence-corrected chi connectivity index (χ1v) is 6.83. The first-order valence-electron chi connectivity index (χ1n) is 6.83. The molecule has 0 aromatic heterocycles. The molecule has 1 rings (SSSR count). The van der Waals surface area contributed by atoms with Gasteiger partial charge in [0.2, 0.25) is 0 Å². The summed E-state index contributed by atoms with van der Waals surface area (Å²) in [6.07, 6.45) is 1.10. The summed E-state index contributed by atoms with van der Waals surface area (Å²) in [5.74, 6) is 1.67. The number of nitrogens with one attached hydrogen (secondary N) is 1. The normalized spacial score (nSPS) is 11.9. The van der Waals surface area contributed by atoms with Gasteiger partial charge < -0.3 is 10.1 Å². The van der Waals surface area contributed by atoms with Crippen LogP contribution in [0.2, 0.25) is 0 Å². The molecule has 0 unspecified atom stereocenters. The quantitative estimate of drug-likeness (QED) is 0.823. The summed E-state index contributed by atoms with van der Waals surface area (Å²) in [4.78, 5) is 0. The van der Waals surface area contributed by atoms with E-state index >= 15 is 0 Å². The van der Waals surface area contributed by atoms with Crippen LogP contribution in [0.3, 0.4) is 0 Å². The van der Waals surface area contributed by atoms with Crippen molar-refractivity contribution < 1.29 is 4.74 Å². The number of hydrogen-bond acceptors (Lipinski definition) is 2. The number of hydrogen-bond donors (Lipinski definition) is 1. The molecule has 0 bridgehead atoms. The van der Waals surface area contributed by atoms with E-state index in [9.17, 15) is 0 Å². The average Bonchev–Trinajstić information content (AvgIpc) is 2.26. The second kappa shape index (κ2) is 6.79. The molecule has 18 heavy (non-hydrogen) atoms. The van der Waals surface area contributed by atoms with Gasteiger partial charge in [0, 0.05) is 12.1 Å². The molecule has 2 heteroatoms. The standard InChI is InChI=1S/C16H27NO/c1-13(2)9-10-18-15-8-6-7-14(11-15)12-17-16(3,4)5/h6-8,11,13,17H,9-10,12H2,1-5H3. The van der Waals surface area contributed by atoms with Crippen molar-refractivity contribution in [3.8, 4) is 5.75 Å². The van der Waals surface area contributed by atoms with E-state index in [0.29, 0.717) is 5.92 Å². The summed E-state index contributed by atoms with van der Waals surface area (Å²) in [6.45, 7) is 12.6. The lowest BCUT2D eigenvalue weighted by Crippen LogP contribution is -2.35. The average molecular weight is 249 g/mol. The van der Waals surface area contributed by atoms with Crippen molar-refractivity contribution in [2.75, 3.05) is 6.61 Å². The van der Waals surface area contributed by atoms with Crippen LogP contribution in [0.25, 0.3) is 0 Å². The zero-order valence-electron chi connectivity index (χ0n) is 12.4. The molecule has 2 nitrogen and oxygen atoms in total. The summed E-state index contributed by atoms with van der Waals surface area (Å²) in [5.41, 5.74) is 1.42. The molecule has 1 aromatic carbocycles. The van der Waals surface area contributed by atoms with E-state index in [4.69, 9.17) is 4.74 Å². The molecule has 0 amide bonds. The third-order valence-electron chi connectivity index (χ3n) is 2.69. The first-order chi connectivity index (χ1) is 8.37. The Labute approximate surface area is 112 Å². The van der Waals surface area contributed by atoms with Crippen LogP contribution in [-0.2, 0) is 6.54 Å². The summed E-state index contributed by atoms with van der Waals surface area (Å²) >= 11 is 0. The van der Waals surface area contributed by atoms with Gasteiger partial charge in [-0.15, -0.1) is 0 Å². The van der Waals surface area contributed by atoms with Gasteiger partial charge in [-0.3, -0.25) is 0 Å². The summed E-state index contributed by atoms with van der Waals surface area (Å²) in [6, 6.07) is 8.35. The van der Waals surface area contributed by atoms with Crippen LogP contribution >= 0.6 is 0 Å². The van der Waals surface area contributed by atoms with Gasteiger partial charge in [-0.1, -0.05) is 26.0 Å². The van der Waals surface area contributed by atoms with E-state index < -0.39 is 0 Å². The largest absolute Gasteiger partial charge is 0.494 e. The van der Waals surface area contributed by atoms with Crippen LogP contribution in [0.5, 0.6) is 5.75 Å². The maximum Gasteiger partial charge on any atom is 0.119 e.